The van der Waals surface area contributed by atoms with Gasteiger partial charge in [-0.3, -0.25) is 0 Å². The van der Waals surface area contributed by atoms with E-state index in [0.717, 1.165) is 0 Å². The van der Waals surface area contributed by atoms with Crippen LogP contribution < -0.4 is 11.5 Å². The molecule has 0 atom stereocenters. The minimum Gasteiger partial charge on any atom is -0.478 e. The van der Waals surface area contributed by atoms with E-state index in [4.69, 9.17) is 11.5 Å². The van der Waals surface area contributed by atoms with E-state index >= 15 is 0 Å². The van der Waals surface area contributed by atoms with E-state index in [9.17, 15) is 19.8 Å². The number of hydrogen-bond acceptors (Lipinski definition) is 4. The molecule has 6 N–H and O–H groups in total. The largest absolute Gasteiger partial charge is 0.478 e. The van der Waals surface area contributed by atoms with Gasteiger partial charge in [0.1, 0.15) is 0 Å². The van der Waals surface area contributed by atoms with Crippen LogP contribution >= 0.6 is 0 Å². The van der Waals surface area contributed by atoms with Gasteiger partial charge in [0.25, 0.3) is 0 Å². The Balaban J connectivity index is 2.88. The van der Waals surface area contributed by atoms with Gasteiger partial charge in [-0.1, -0.05) is 30.3 Å². The van der Waals surface area contributed by atoms with Crippen molar-refractivity contribution in [3.05, 3.63) is 47.5 Å². The Morgan fingerprint density at radius 2 is 1.45 bits per heavy atom. The standard InChI is InChI=1S/C14H12N2O4/c15-9-6-8(7-4-2-1-3-5-7)10(13(17)18)11(12(9)16)14(19)20/h1-6H,15-16H2,(H,17,18)(H,19,20). The molecule has 2 aromatic rings. The molecule has 0 aliphatic carbocycles. The summed E-state index contributed by atoms with van der Waals surface area (Å²) in [4.78, 5) is 22.7. The number of rotatable bonds is 3. The van der Waals surface area contributed by atoms with Crippen LogP contribution in [0.2, 0.25) is 0 Å². The van der Waals surface area contributed by atoms with Crippen molar-refractivity contribution in [2.45, 2.75) is 0 Å². The zero-order valence-electron chi connectivity index (χ0n) is 10.3. The number of nitrogen functional groups attached to an aromatic ring is 2. The third-order valence-corrected chi connectivity index (χ3v) is 2.91. The van der Waals surface area contributed by atoms with Crippen molar-refractivity contribution in [1.29, 1.82) is 0 Å². The summed E-state index contributed by atoms with van der Waals surface area (Å²) >= 11 is 0. The van der Waals surface area contributed by atoms with E-state index in [1.807, 2.05) is 0 Å². The maximum Gasteiger partial charge on any atom is 0.338 e. The van der Waals surface area contributed by atoms with Crippen molar-refractivity contribution in [2.75, 3.05) is 11.5 Å². The average Bonchev–Trinajstić information content (AvgIpc) is 2.41. The van der Waals surface area contributed by atoms with Gasteiger partial charge in [-0.25, -0.2) is 9.59 Å². The first-order chi connectivity index (χ1) is 9.43. The van der Waals surface area contributed by atoms with E-state index in [1.165, 1.54) is 6.07 Å². The first-order valence-corrected chi connectivity index (χ1v) is 5.67. The maximum absolute atomic E-state index is 11.4. The van der Waals surface area contributed by atoms with Gasteiger partial charge < -0.3 is 21.7 Å². The van der Waals surface area contributed by atoms with Crippen LogP contribution in [0.15, 0.2) is 36.4 Å². The molecular formula is C14H12N2O4. The summed E-state index contributed by atoms with van der Waals surface area (Å²) in [6.45, 7) is 0. The molecule has 0 spiro atoms. The van der Waals surface area contributed by atoms with Crippen molar-refractivity contribution in [2.24, 2.45) is 0 Å². The van der Waals surface area contributed by atoms with Gasteiger partial charge in [-0.05, 0) is 17.2 Å². The van der Waals surface area contributed by atoms with Crippen molar-refractivity contribution in [1.82, 2.24) is 0 Å². The van der Waals surface area contributed by atoms with Crippen molar-refractivity contribution in [3.63, 3.8) is 0 Å². The Hall–Kier alpha value is -3.02. The molecule has 0 bridgehead atoms. The van der Waals surface area contributed by atoms with Gasteiger partial charge in [0.05, 0.1) is 22.5 Å². The number of carbonyl (C=O) groups is 2. The summed E-state index contributed by atoms with van der Waals surface area (Å²) in [6.07, 6.45) is 0. The summed E-state index contributed by atoms with van der Waals surface area (Å²) in [5, 5.41) is 18.5. The number of nitrogens with two attached hydrogens (primary N) is 2. The molecule has 0 aromatic heterocycles. The fourth-order valence-corrected chi connectivity index (χ4v) is 2.01. The third kappa shape index (κ3) is 2.14. The molecule has 20 heavy (non-hydrogen) atoms. The lowest BCUT2D eigenvalue weighted by Crippen LogP contribution is -2.14. The number of aromatic carboxylic acids is 2. The van der Waals surface area contributed by atoms with Crippen LogP contribution in [0.25, 0.3) is 11.1 Å². The Kier molecular flexibility index (Phi) is 3.30. The van der Waals surface area contributed by atoms with Gasteiger partial charge in [0.2, 0.25) is 0 Å². The molecule has 0 heterocycles. The SMILES string of the molecule is Nc1cc(-c2ccccc2)c(C(=O)O)c(C(=O)O)c1N. The van der Waals surface area contributed by atoms with E-state index in [2.05, 4.69) is 0 Å². The van der Waals surface area contributed by atoms with Gasteiger partial charge in [0, 0.05) is 0 Å². The van der Waals surface area contributed by atoms with Crippen LogP contribution in [0.4, 0.5) is 11.4 Å². The monoisotopic (exact) mass is 272 g/mol. The highest BCUT2D eigenvalue weighted by atomic mass is 16.4. The molecule has 0 unspecified atom stereocenters. The first-order valence-electron chi connectivity index (χ1n) is 5.67. The van der Waals surface area contributed by atoms with Crippen LogP contribution in [0.1, 0.15) is 20.7 Å². The maximum atomic E-state index is 11.4. The number of benzene rings is 2. The predicted molar refractivity (Wildman–Crippen MR) is 74.6 cm³/mol. The topological polar surface area (TPSA) is 127 Å². The quantitative estimate of drug-likeness (QED) is 0.632. The van der Waals surface area contributed by atoms with Crippen molar-refractivity contribution < 1.29 is 19.8 Å². The molecule has 0 aliphatic heterocycles. The smallest absolute Gasteiger partial charge is 0.338 e. The highest BCUT2D eigenvalue weighted by Crippen LogP contribution is 2.34. The molecule has 0 amide bonds. The van der Waals surface area contributed by atoms with Gasteiger partial charge in [-0.15, -0.1) is 0 Å². The van der Waals surface area contributed by atoms with Gasteiger partial charge in [-0.2, -0.15) is 0 Å². The summed E-state index contributed by atoms with van der Waals surface area (Å²) in [7, 11) is 0. The zero-order valence-corrected chi connectivity index (χ0v) is 10.3. The zero-order chi connectivity index (χ0) is 14.9. The van der Waals surface area contributed by atoms with Crippen LogP contribution in [-0.4, -0.2) is 22.2 Å². The minimum atomic E-state index is -1.43. The van der Waals surface area contributed by atoms with E-state index in [0.29, 0.717) is 5.56 Å². The number of anilines is 2. The summed E-state index contributed by atoms with van der Waals surface area (Å²) in [5.74, 6) is -2.79. The molecule has 2 rings (SSSR count). The summed E-state index contributed by atoms with van der Waals surface area (Å²) in [6, 6.07) is 9.91. The van der Waals surface area contributed by atoms with E-state index in [-0.39, 0.29) is 22.5 Å². The minimum absolute atomic E-state index is 0.0336. The predicted octanol–water partition coefficient (Wildman–Crippen LogP) is 1.91. The van der Waals surface area contributed by atoms with Crippen LogP contribution in [0.5, 0.6) is 0 Å². The molecule has 102 valence electrons. The van der Waals surface area contributed by atoms with Crippen molar-refractivity contribution >= 4 is 23.3 Å². The lowest BCUT2D eigenvalue weighted by atomic mass is 9.93. The summed E-state index contributed by atoms with van der Waals surface area (Å²) in [5.41, 5.74) is 11.0. The number of carboxylic acids is 2. The first kappa shape index (κ1) is 13.4. The number of hydrogen-bond donors (Lipinski definition) is 4. The highest BCUT2D eigenvalue weighted by Gasteiger charge is 2.25. The van der Waals surface area contributed by atoms with Crippen LogP contribution in [0.3, 0.4) is 0 Å². The Bertz CT molecular complexity index is 696. The Morgan fingerprint density at radius 1 is 0.900 bits per heavy atom. The van der Waals surface area contributed by atoms with Crippen LogP contribution in [0, 0.1) is 0 Å². The Labute approximate surface area is 114 Å². The Morgan fingerprint density at radius 3 is 1.95 bits per heavy atom. The molecule has 0 aliphatic rings. The lowest BCUT2D eigenvalue weighted by molar-refractivity contribution is 0.0653. The average molecular weight is 272 g/mol. The second-order valence-corrected chi connectivity index (χ2v) is 4.15. The molecular weight excluding hydrogens is 260 g/mol. The number of carboxylic acid groups (broad SMARTS) is 2. The third-order valence-electron chi connectivity index (χ3n) is 2.91. The molecule has 6 heteroatoms. The molecule has 0 radical (unpaired) electrons. The summed E-state index contributed by atoms with van der Waals surface area (Å²) < 4.78 is 0. The van der Waals surface area contributed by atoms with Gasteiger partial charge in [0.15, 0.2) is 0 Å². The normalized spacial score (nSPS) is 10.2. The molecule has 0 saturated heterocycles. The van der Waals surface area contributed by atoms with E-state index < -0.39 is 17.5 Å². The molecule has 2 aromatic carbocycles. The fourth-order valence-electron chi connectivity index (χ4n) is 2.01. The van der Waals surface area contributed by atoms with Crippen LogP contribution in [-0.2, 0) is 0 Å². The lowest BCUT2D eigenvalue weighted by Gasteiger charge is -2.14. The molecule has 0 fully saturated rings. The van der Waals surface area contributed by atoms with E-state index in [1.54, 1.807) is 30.3 Å². The van der Waals surface area contributed by atoms with Crippen molar-refractivity contribution in [3.8, 4) is 11.1 Å². The fraction of sp³-hybridized carbons (Fsp3) is 0. The second kappa shape index (κ2) is 4.93. The molecule has 6 nitrogen and oxygen atoms in total. The van der Waals surface area contributed by atoms with Gasteiger partial charge >= 0.3 is 11.9 Å². The molecule has 0 saturated carbocycles. The second-order valence-electron chi connectivity index (χ2n) is 4.15. The highest BCUT2D eigenvalue weighted by molar-refractivity contribution is 6.11.